The van der Waals surface area contributed by atoms with Crippen molar-refractivity contribution in [1.29, 1.82) is 0 Å². The van der Waals surface area contributed by atoms with Gasteiger partial charge in [-0.15, -0.1) is 0 Å². The van der Waals surface area contributed by atoms with Crippen LogP contribution in [-0.4, -0.2) is 71.1 Å². The molecule has 1 aliphatic heterocycles. The van der Waals surface area contributed by atoms with E-state index in [-0.39, 0.29) is 11.4 Å². The van der Waals surface area contributed by atoms with Crippen molar-refractivity contribution in [1.82, 2.24) is 15.1 Å². The Morgan fingerprint density at radius 3 is 2.35 bits per heavy atom. The molecule has 1 saturated heterocycles. The van der Waals surface area contributed by atoms with E-state index in [2.05, 4.69) is 5.32 Å². The number of urea groups is 1. The third kappa shape index (κ3) is 4.40. The van der Waals surface area contributed by atoms with Crippen LogP contribution < -0.4 is 5.32 Å². The minimum absolute atomic E-state index is 0.0151. The fourth-order valence-corrected chi connectivity index (χ4v) is 1.46. The van der Waals surface area contributed by atoms with E-state index in [4.69, 9.17) is 5.11 Å². The first-order chi connectivity index (χ1) is 9.10. The van der Waals surface area contributed by atoms with Crippen molar-refractivity contribution < 1.29 is 37.5 Å². The van der Waals surface area contributed by atoms with Crippen LogP contribution in [-0.2, 0) is 14.4 Å². The summed E-state index contributed by atoms with van der Waals surface area (Å²) in [5.41, 5.74) is 0. The highest BCUT2D eigenvalue weighted by Gasteiger charge is 2.37. The van der Waals surface area contributed by atoms with Crippen LogP contribution >= 0.6 is 0 Å². The number of carboxylic acid groups (broad SMARTS) is 1. The molecule has 0 aromatic heterocycles. The van der Waals surface area contributed by atoms with Crippen molar-refractivity contribution in [2.24, 2.45) is 0 Å². The number of carbonyl (C=O) groups is 4. The lowest BCUT2D eigenvalue weighted by molar-refractivity contribution is -0.166. The van der Waals surface area contributed by atoms with Crippen molar-refractivity contribution in [2.75, 3.05) is 26.2 Å². The molecule has 1 heterocycles. The first-order valence-corrected chi connectivity index (χ1v) is 5.24. The Balaban J connectivity index is 2.74. The van der Waals surface area contributed by atoms with Crippen molar-refractivity contribution >= 4 is 23.8 Å². The number of imide groups is 1. The van der Waals surface area contributed by atoms with Gasteiger partial charge in [-0.25, -0.2) is 4.79 Å². The molecule has 0 aromatic carbocycles. The Morgan fingerprint density at radius 1 is 1.35 bits per heavy atom. The normalized spacial score (nSPS) is 15.2. The number of amides is 4. The van der Waals surface area contributed by atoms with Gasteiger partial charge in [-0.2, -0.15) is 13.2 Å². The summed E-state index contributed by atoms with van der Waals surface area (Å²) in [5.74, 6) is -3.69. The van der Waals surface area contributed by atoms with Gasteiger partial charge in [0, 0.05) is 0 Å². The molecule has 0 aliphatic carbocycles. The lowest BCUT2D eigenvalue weighted by Gasteiger charge is -2.23. The SMILES string of the molecule is O=C(O)CN(CC(F)(F)F)C(=O)CN1C(=O)CNC1=O. The topological polar surface area (TPSA) is 107 Å². The number of nitrogens with zero attached hydrogens (tertiary/aromatic N) is 2. The standard InChI is InChI=1S/C9H10F3N3O5/c10-9(11,12)4-14(3-7(18)19)6(17)2-15-5(16)1-13-8(15)20/h1-4H2,(H,13,20)(H,18,19). The number of hydrogen-bond acceptors (Lipinski definition) is 4. The molecule has 20 heavy (non-hydrogen) atoms. The molecule has 2 N–H and O–H groups in total. The van der Waals surface area contributed by atoms with E-state index < -0.39 is 49.6 Å². The van der Waals surface area contributed by atoms with E-state index in [1.54, 1.807) is 0 Å². The second-order valence-electron chi connectivity index (χ2n) is 3.90. The van der Waals surface area contributed by atoms with E-state index in [0.717, 1.165) is 0 Å². The second kappa shape index (κ2) is 5.75. The summed E-state index contributed by atoms with van der Waals surface area (Å²) in [7, 11) is 0. The number of carbonyl (C=O) groups excluding carboxylic acids is 3. The summed E-state index contributed by atoms with van der Waals surface area (Å²) >= 11 is 0. The van der Waals surface area contributed by atoms with E-state index in [1.165, 1.54) is 0 Å². The van der Waals surface area contributed by atoms with Gasteiger partial charge >= 0.3 is 18.2 Å². The van der Waals surface area contributed by atoms with Gasteiger partial charge in [0.15, 0.2) is 0 Å². The zero-order valence-electron chi connectivity index (χ0n) is 9.94. The predicted octanol–water partition coefficient (Wildman–Crippen LogP) is -0.986. The van der Waals surface area contributed by atoms with Crippen LogP contribution in [0, 0.1) is 0 Å². The molecule has 0 saturated carbocycles. The summed E-state index contributed by atoms with van der Waals surface area (Å²) in [6.45, 7) is -4.25. The van der Waals surface area contributed by atoms with E-state index in [9.17, 15) is 32.3 Å². The first-order valence-electron chi connectivity index (χ1n) is 5.24. The lowest BCUT2D eigenvalue weighted by atomic mass is 10.4. The monoisotopic (exact) mass is 297 g/mol. The number of halogens is 3. The minimum atomic E-state index is -4.79. The average Bonchev–Trinajstić information content (AvgIpc) is 2.57. The molecule has 1 rings (SSSR count). The van der Waals surface area contributed by atoms with Crippen LogP contribution in [0.5, 0.6) is 0 Å². The lowest BCUT2D eigenvalue weighted by Crippen LogP contribution is -2.48. The molecule has 112 valence electrons. The van der Waals surface area contributed by atoms with Crippen molar-refractivity contribution in [3.63, 3.8) is 0 Å². The van der Waals surface area contributed by atoms with Crippen LogP contribution in [0.25, 0.3) is 0 Å². The van der Waals surface area contributed by atoms with Crippen molar-refractivity contribution in [3.8, 4) is 0 Å². The third-order valence-electron chi connectivity index (χ3n) is 2.28. The fourth-order valence-electron chi connectivity index (χ4n) is 1.46. The molecule has 0 unspecified atom stereocenters. The van der Waals surface area contributed by atoms with Crippen LogP contribution in [0.2, 0.25) is 0 Å². The Kier molecular flexibility index (Phi) is 4.53. The summed E-state index contributed by atoms with van der Waals surface area (Å²) in [4.78, 5) is 44.8. The maximum absolute atomic E-state index is 12.2. The van der Waals surface area contributed by atoms with Gasteiger partial charge in [-0.1, -0.05) is 0 Å². The zero-order valence-corrected chi connectivity index (χ0v) is 9.94. The van der Waals surface area contributed by atoms with E-state index in [0.29, 0.717) is 4.90 Å². The summed E-state index contributed by atoms with van der Waals surface area (Å²) in [6, 6.07) is -0.911. The molecule has 0 spiro atoms. The van der Waals surface area contributed by atoms with Crippen LogP contribution in [0.3, 0.4) is 0 Å². The second-order valence-corrected chi connectivity index (χ2v) is 3.90. The maximum atomic E-state index is 12.2. The van der Waals surface area contributed by atoms with Gasteiger partial charge in [0.25, 0.3) is 5.91 Å². The number of alkyl halides is 3. The Morgan fingerprint density at radius 2 is 1.95 bits per heavy atom. The summed E-state index contributed by atoms with van der Waals surface area (Å²) < 4.78 is 36.7. The third-order valence-corrected chi connectivity index (χ3v) is 2.28. The molecule has 0 aromatic rings. The number of carboxylic acids is 1. The Labute approximate surface area is 110 Å². The highest BCUT2D eigenvalue weighted by Crippen LogP contribution is 2.16. The molecule has 11 heteroatoms. The number of nitrogens with one attached hydrogen (secondary N) is 1. The fraction of sp³-hybridized carbons (Fsp3) is 0.556. The highest BCUT2D eigenvalue weighted by atomic mass is 19.4. The van der Waals surface area contributed by atoms with Gasteiger partial charge in [0.2, 0.25) is 5.91 Å². The largest absolute Gasteiger partial charge is 0.480 e. The number of rotatable bonds is 5. The maximum Gasteiger partial charge on any atom is 0.406 e. The summed E-state index contributed by atoms with van der Waals surface area (Å²) in [5, 5.41) is 10.6. The van der Waals surface area contributed by atoms with Crippen LogP contribution in [0.4, 0.5) is 18.0 Å². The molecular formula is C9H10F3N3O5. The van der Waals surface area contributed by atoms with E-state index >= 15 is 0 Å². The highest BCUT2D eigenvalue weighted by molar-refractivity contribution is 6.04. The molecule has 0 atom stereocenters. The average molecular weight is 297 g/mol. The van der Waals surface area contributed by atoms with Gasteiger partial charge in [0.1, 0.15) is 19.6 Å². The van der Waals surface area contributed by atoms with Crippen molar-refractivity contribution in [3.05, 3.63) is 0 Å². The Bertz CT molecular complexity index is 435. The molecule has 0 radical (unpaired) electrons. The number of hydrogen-bond donors (Lipinski definition) is 2. The molecule has 4 amide bonds. The molecular weight excluding hydrogens is 287 g/mol. The molecule has 8 nitrogen and oxygen atoms in total. The van der Waals surface area contributed by atoms with Gasteiger partial charge < -0.3 is 15.3 Å². The quantitative estimate of drug-likeness (QED) is 0.634. The van der Waals surface area contributed by atoms with Crippen molar-refractivity contribution in [2.45, 2.75) is 6.18 Å². The van der Waals surface area contributed by atoms with E-state index in [1.807, 2.05) is 0 Å². The molecule has 0 bridgehead atoms. The van der Waals surface area contributed by atoms with Gasteiger partial charge in [-0.05, 0) is 0 Å². The predicted molar refractivity (Wildman–Crippen MR) is 55.4 cm³/mol. The number of aliphatic carboxylic acids is 1. The Hall–Kier alpha value is -2.33. The van der Waals surface area contributed by atoms with Crippen LogP contribution in [0.1, 0.15) is 0 Å². The molecule has 1 fully saturated rings. The van der Waals surface area contributed by atoms with Gasteiger partial charge in [0.05, 0.1) is 6.54 Å². The summed E-state index contributed by atoms with van der Waals surface area (Å²) in [6.07, 6.45) is -4.79. The zero-order chi connectivity index (χ0) is 15.5. The van der Waals surface area contributed by atoms with Gasteiger partial charge in [-0.3, -0.25) is 19.3 Å². The van der Waals surface area contributed by atoms with Crippen LogP contribution in [0.15, 0.2) is 0 Å². The first kappa shape index (κ1) is 15.7. The minimum Gasteiger partial charge on any atom is -0.480 e. The molecule has 1 aliphatic rings. The smallest absolute Gasteiger partial charge is 0.406 e.